The normalized spacial score (nSPS) is 32.9. The van der Waals surface area contributed by atoms with Crippen molar-refractivity contribution in [3.05, 3.63) is 28.8 Å². The van der Waals surface area contributed by atoms with Crippen molar-refractivity contribution < 1.29 is 32.6 Å². The number of alkyl halides is 3. The van der Waals surface area contributed by atoms with Gasteiger partial charge in [-0.2, -0.15) is 13.2 Å². The van der Waals surface area contributed by atoms with Gasteiger partial charge in [0.1, 0.15) is 0 Å². The number of benzene rings is 1. The average Bonchev–Trinajstić information content (AvgIpc) is 2.58. The topological polar surface area (TPSA) is 75.6 Å². The third-order valence-electron chi connectivity index (χ3n) is 6.35. The number of anilines is 1. The molecular weight excluding hydrogens is 411 g/mol. The van der Waals surface area contributed by atoms with Crippen LogP contribution in [0.5, 0.6) is 0 Å². The Hall–Kier alpha value is -1.80. The van der Waals surface area contributed by atoms with Crippen LogP contribution in [-0.2, 0) is 20.5 Å². The van der Waals surface area contributed by atoms with Gasteiger partial charge in [-0.3, -0.25) is 9.59 Å². The lowest BCUT2D eigenvalue weighted by atomic mass is 9.48. The molecule has 4 aliphatic rings. The Balaban J connectivity index is 1.38. The van der Waals surface area contributed by atoms with Gasteiger partial charge < -0.3 is 15.2 Å². The van der Waals surface area contributed by atoms with E-state index in [4.69, 9.17) is 16.3 Å². The average molecular weight is 432 g/mol. The molecule has 1 amide bonds. The van der Waals surface area contributed by atoms with Gasteiger partial charge in [0, 0.05) is 5.69 Å². The van der Waals surface area contributed by atoms with Crippen LogP contribution in [0.4, 0.5) is 18.9 Å². The minimum absolute atomic E-state index is 0.0908. The second kappa shape index (κ2) is 6.87. The summed E-state index contributed by atoms with van der Waals surface area (Å²) in [6.07, 6.45) is -0.580. The molecule has 4 bridgehead atoms. The molecule has 0 aromatic heterocycles. The lowest BCUT2D eigenvalue weighted by molar-refractivity contribution is -0.196. The van der Waals surface area contributed by atoms with E-state index in [0.717, 1.165) is 18.6 Å². The fourth-order valence-corrected chi connectivity index (χ4v) is 5.98. The van der Waals surface area contributed by atoms with Gasteiger partial charge in [0.2, 0.25) is 0 Å². The number of ether oxygens (including phenoxy) is 1. The maximum Gasteiger partial charge on any atom is 0.417 e. The van der Waals surface area contributed by atoms with Crippen molar-refractivity contribution in [2.45, 2.75) is 50.3 Å². The summed E-state index contributed by atoms with van der Waals surface area (Å²) in [4.78, 5) is 24.8. The molecule has 2 atom stereocenters. The van der Waals surface area contributed by atoms with E-state index in [1.807, 2.05) is 0 Å². The van der Waals surface area contributed by atoms with Gasteiger partial charge in [-0.25, -0.2) is 0 Å². The first-order chi connectivity index (χ1) is 13.5. The van der Waals surface area contributed by atoms with E-state index >= 15 is 0 Å². The Labute approximate surface area is 170 Å². The smallest absolute Gasteiger partial charge is 0.417 e. The molecule has 158 valence electrons. The molecule has 0 saturated heterocycles. The quantitative estimate of drug-likeness (QED) is 0.701. The zero-order chi connectivity index (χ0) is 21.0. The van der Waals surface area contributed by atoms with Gasteiger partial charge in [0.15, 0.2) is 6.61 Å². The van der Waals surface area contributed by atoms with Gasteiger partial charge in [-0.05, 0) is 68.6 Å². The maximum atomic E-state index is 12.9. The zero-order valence-corrected chi connectivity index (χ0v) is 16.3. The van der Waals surface area contributed by atoms with Crippen molar-refractivity contribution in [3.8, 4) is 0 Å². The predicted molar refractivity (Wildman–Crippen MR) is 98.1 cm³/mol. The Kier molecular flexibility index (Phi) is 4.85. The van der Waals surface area contributed by atoms with Crippen molar-refractivity contribution in [1.82, 2.24) is 0 Å². The van der Waals surface area contributed by atoms with E-state index in [9.17, 15) is 27.9 Å². The highest BCUT2D eigenvalue weighted by Crippen LogP contribution is 2.61. The molecular formula is C20H21ClF3NO4. The summed E-state index contributed by atoms with van der Waals surface area (Å²) in [5.41, 5.74) is -2.74. The standard InChI is InChI=1S/C20H21ClF3NO4/c21-15-2-1-13(4-14(15)20(22,23)24)25-16(26)9-29-17(27)18-5-11-3-12(6-18)8-19(28,7-11)10-18/h1-2,4,11-12,28H,3,5-10H2,(H,25,26)/t11-,12-,18?,19?/m1/s1. The Morgan fingerprint density at radius 2 is 1.86 bits per heavy atom. The highest BCUT2D eigenvalue weighted by molar-refractivity contribution is 6.31. The van der Waals surface area contributed by atoms with Crippen LogP contribution in [0.15, 0.2) is 18.2 Å². The van der Waals surface area contributed by atoms with Crippen LogP contribution in [0.25, 0.3) is 0 Å². The summed E-state index contributed by atoms with van der Waals surface area (Å²) in [7, 11) is 0. The number of halogens is 4. The molecule has 29 heavy (non-hydrogen) atoms. The van der Waals surface area contributed by atoms with Crippen LogP contribution >= 0.6 is 11.6 Å². The van der Waals surface area contributed by atoms with E-state index in [0.29, 0.717) is 32.1 Å². The third-order valence-corrected chi connectivity index (χ3v) is 6.68. The Morgan fingerprint density at radius 3 is 2.45 bits per heavy atom. The zero-order valence-electron chi connectivity index (χ0n) is 15.5. The molecule has 0 spiro atoms. The van der Waals surface area contributed by atoms with Crippen molar-refractivity contribution in [2.24, 2.45) is 17.3 Å². The highest BCUT2D eigenvalue weighted by atomic mass is 35.5. The lowest BCUT2D eigenvalue weighted by Crippen LogP contribution is -2.58. The molecule has 0 heterocycles. The van der Waals surface area contributed by atoms with Crippen LogP contribution in [0, 0.1) is 17.3 Å². The van der Waals surface area contributed by atoms with E-state index in [1.165, 1.54) is 6.07 Å². The Morgan fingerprint density at radius 1 is 1.21 bits per heavy atom. The van der Waals surface area contributed by atoms with Gasteiger partial charge >= 0.3 is 12.1 Å². The summed E-state index contributed by atoms with van der Waals surface area (Å²) < 4.78 is 44.0. The number of esters is 1. The van der Waals surface area contributed by atoms with Crippen LogP contribution < -0.4 is 5.32 Å². The summed E-state index contributed by atoms with van der Waals surface area (Å²) in [6, 6.07) is 3.02. The fourth-order valence-electron chi connectivity index (χ4n) is 5.75. The summed E-state index contributed by atoms with van der Waals surface area (Å²) in [5.74, 6) is -0.667. The minimum Gasteiger partial charge on any atom is -0.455 e. The summed E-state index contributed by atoms with van der Waals surface area (Å²) in [5, 5.41) is 12.5. The molecule has 0 radical (unpaired) electrons. The number of amides is 1. The van der Waals surface area contributed by atoms with Crippen LogP contribution in [0.3, 0.4) is 0 Å². The molecule has 4 saturated carbocycles. The SMILES string of the molecule is O=C(COC(=O)C12C[C@H]3C[C@@H](CC(O)(C3)C1)C2)Nc1ccc(Cl)c(C(F)(F)F)c1. The number of carbonyl (C=O) groups excluding carboxylic acids is 2. The first-order valence-electron chi connectivity index (χ1n) is 9.54. The third kappa shape index (κ3) is 3.97. The number of nitrogens with one attached hydrogen (secondary N) is 1. The molecule has 4 fully saturated rings. The summed E-state index contributed by atoms with van der Waals surface area (Å²) in [6.45, 7) is -0.599. The van der Waals surface area contributed by atoms with Crippen molar-refractivity contribution in [3.63, 3.8) is 0 Å². The second-order valence-electron chi connectivity index (χ2n) is 8.78. The molecule has 4 aliphatic carbocycles. The van der Waals surface area contributed by atoms with E-state index in [-0.39, 0.29) is 17.5 Å². The summed E-state index contributed by atoms with van der Waals surface area (Å²) >= 11 is 5.56. The molecule has 5 rings (SSSR count). The van der Waals surface area contributed by atoms with Crippen LogP contribution in [0.1, 0.15) is 44.1 Å². The molecule has 0 unspecified atom stereocenters. The second-order valence-corrected chi connectivity index (χ2v) is 9.19. The van der Waals surface area contributed by atoms with E-state index in [1.54, 1.807) is 0 Å². The molecule has 9 heteroatoms. The molecule has 0 aliphatic heterocycles. The largest absolute Gasteiger partial charge is 0.455 e. The fraction of sp³-hybridized carbons (Fsp3) is 0.600. The number of aliphatic hydroxyl groups is 1. The predicted octanol–water partition coefficient (Wildman–Crippen LogP) is 4.17. The number of hydrogen-bond donors (Lipinski definition) is 2. The van der Waals surface area contributed by atoms with Gasteiger partial charge in [0.05, 0.1) is 21.6 Å². The number of rotatable bonds is 4. The molecule has 5 nitrogen and oxygen atoms in total. The number of carbonyl (C=O) groups is 2. The van der Waals surface area contributed by atoms with Crippen molar-refractivity contribution in [1.29, 1.82) is 0 Å². The lowest BCUT2D eigenvalue weighted by Gasteiger charge is -2.58. The monoisotopic (exact) mass is 431 g/mol. The maximum absolute atomic E-state index is 12.9. The highest BCUT2D eigenvalue weighted by Gasteiger charge is 2.60. The van der Waals surface area contributed by atoms with Crippen molar-refractivity contribution in [2.75, 3.05) is 11.9 Å². The van der Waals surface area contributed by atoms with E-state index in [2.05, 4.69) is 5.32 Å². The number of hydrogen-bond acceptors (Lipinski definition) is 4. The first kappa shape index (κ1) is 20.5. The minimum atomic E-state index is -4.65. The molecule has 1 aromatic carbocycles. The van der Waals surface area contributed by atoms with Gasteiger partial charge in [0.25, 0.3) is 5.91 Å². The van der Waals surface area contributed by atoms with E-state index < -0.39 is 46.3 Å². The molecule has 1 aromatic rings. The molecule has 2 N–H and O–H groups in total. The van der Waals surface area contributed by atoms with Gasteiger partial charge in [-0.15, -0.1) is 0 Å². The van der Waals surface area contributed by atoms with Crippen molar-refractivity contribution >= 4 is 29.2 Å². The van der Waals surface area contributed by atoms with Crippen LogP contribution in [0.2, 0.25) is 5.02 Å². The van der Waals surface area contributed by atoms with Crippen LogP contribution in [-0.4, -0.2) is 29.2 Å². The van der Waals surface area contributed by atoms with Gasteiger partial charge in [-0.1, -0.05) is 11.6 Å². The Bertz CT molecular complexity index is 843. The first-order valence-corrected chi connectivity index (χ1v) is 9.92.